The van der Waals surface area contributed by atoms with Gasteiger partial charge in [0.05, 0.1) is 11.4 Å². The number of benzene rings is 1. The molecular weight excluding hydrogens is 297 g/mol. The highest BCUT2D eigenvalue weighted by molar-refractivity contribution is 5.95. The molecule has 6 heteroatoms. The predicted molar refractivity (Wildman–Crippen MR) is 88.3 cm³/mol. The van der Waals surface area contributed by atoms with Gasteiger partial charge in [-0.15, -0.1) is 0 Å². The number of carbonyl (C=O) groups is 1. The molecular formula is C17H18FN3O2. The van der Waals surface area contributed by atoms with Gasteiger partial charge in [0.1, 0.15) is 17.3 Å². The lowest BCUT2D eigenvalue weighted by Gasteiger charge is -2.11. The maximum atomic E-state index is 14.1. The molecule has 120 valence electrons. The van der Waals surface area contributed by atoms with E-state index in [0.717, 1.165) is 0 Å². The first-order valence-corrected chi connectivity index (χ1v) is 7.05. The first-order valence-electron chi connectivity index (χ1n) is 7.05. The van der Waals surface area contributed by atoms with Gasteiger partial charge in [0.15, 0.2) is 0 Å². The van der Waals surface area contributed by atoms with Crippen molar-refractivity contribution in [3.8, 4) is 11.3 Å². The Hall–Kier alpha value is -2.89. The molecule has 2 aromatic rings. The number of nitrogens with one attached hydrogen (secondary N) is 1. The third-order valence-corrected chi connectivity index (χ3v) is 3.12. The van der Waals surface area contributed by atoms with Crippen molar-refractivity contribution in [2.75, 3.05) is 5.73 Å². The Bertz CT molecular complexity index is 772. The van der Waals surface area contributed by atoms with E-state index in [9.17, 15) is 14.3 Å². The van der Waals surface area contributed by atoms with Gasteiger partial charge in [-0.2, -0.15) is 0 Å². The smallest absolute Gasteiger partial charge is 0.251 e. The molecule has 0 spiro atoms. The van der Waals surface area contributed by atoms with E-state index < -0.39 is 5.82 Å². The number of carbonyl (C=O) groups excluding carboxylic acids is 1. The summed E-state index contributed by atoms with van der Waals surface area (Å²) in [6.45, 7) is 7.05. The number of aromatic nitrogens is 1. The van der Waals surface area contributed by atoms with E-state index in [1.165, 1.54) is 30.3 Å². The Morgan fingerprint density at radius 1 is 1.35 bits per heavy atom. The predicted octanol–water partition coefficient (Wildman–Crippen LogP) is 3.14. The van der Waals surface area contributed by atoms with Crippen LogP contribution in [0.5, 0.6) is 0 Å². The summed E-state index contributed by atoms with van der Waals surface area (Å²) in [4.78, 5) is 16.2. The van der Waals surface area contributed by atoms with Crippen LogP contribution in [0.3, 0.4) is 0 Å². The van der Waals surface area contributed by atoms with Gasteiger partial charge in [-0.3, -0.25) is 4.79 Å². The van der Waals surface area contributed by atoms with E-state index >= 15 is 0 Å². The van der Waals surface area contributed by atoms with Crippen molar-refractivity contribution in [1.82, 2.24) is 10.3 Å². The molecule has 0 saturated heterocycles. The van der Waals surface area contributed by atoms with E-state index in [-0.39, 0.29) is 40.3 Å². The van der Waals surface area contributed by atoms with Crippen molar-refractivity contribution in [3.05, 3.63) is 54.0 Å². The number of anilines is 1. The first-order chi connectivity index (χ1) is 10.8. The van der Waals surface area contributed by atoms with Crippen LogP contribution >= 0.6 is 0 Å². The van der Waals surface area contributed by atoms with Gasteiger partial charge in [0.2, 0.25) is 0 Å². The van der Waals surface area contributed by atoms with E-state index in [4.69, 9.17) is 5.73 Å². The quantitative estimate of drug-likeness (QED) is 0.756. The number of rotatable bonds is 4. The number of aliphatic hydroxyl groups is 1. The molecule has 0 aliphatic heterocycles. The average Bonchev–Trinajstić information content (AvgIpc) is 2.47. The Kier molecular flexibility index (Phi) is 4.64. The molecule has 2 rings (SSSR count). The van der Waals surface area contributed by atoms with E-state index in [0.29, 0.717) is 5.56 Å². The minimum Gasteiger partial charge on any atom is -0.506 e. The van der Waals surface area contributed by atoms with Crippen LogP contribution in [0.2, 0.25) is 0 Å². The number of hydrogen-bond donors (Lipinski definition) is 3. The SMILES string of the molecule is C=C(O)c1nc(-c2cc(C(=O)NC(C)C)ccc2F)ccc1N. The molecule has 1 aromatic carbocycles. The largest absolute Gasteiger partial charge is 0.506 e. The number of aliphatic hydroxyl groups excluding tert-OH is 1. The molecule has 0 radical (unpaired) electrons. The van der Waals surface area contributed by atoms with Gasteiger partial charge in [-0.05, 0) is 44.2 Å². The fraction of sp³-hybridized carbons (Fsp3) is 0.176. The molecule has 23 heavy (non-hydrogen) atoms. The third kappa shape index (κ3) is 3.66. The lowest BCUT2D eigenvalue weighted by Crippen LogP contribution is -2.30. The Labute approximate surface area is 133 Å². The van der Waals surface area contributed by atoms with Crippen LogP contribution in [-0.2, 0) is 0 Å². The molecule has 0 atom stereocenters. The number of nitrogens with zero attached hydrogens (tertiary/aromatic N) is 1. The summed E-state index contributed by atoms with van der Waals surface area (Å²) in [5.74, 6) is -1.14. The Balaban J connectivity index is 2.49. The minimum atomic E-state index is -0.530. The summed E-state index contributed by atoms with van der Waals surface area (Å²) in [5, 5.41) is 12.2. The van der Waals surface area contributed by atoms with Crippen molar-refractivity contribution in [3.63, 3.8) is 0 Å². The topological polar surface area (TPSA) is 88.2 Å². The minimum absolute atomic E-state index is 0.0324. The molecule has 4 N–H and O–H groups in total. The molecule has 1 amide bonds. The third-order valence-electron chi connectivity index (χ3n) is 3.12. The second-order valence-electron chi connectivity index (χ2n) is 5.40. The highest BCUT2D eigenvalue weighted by atomic mass is 19.1. The summed E-state index contributed by atoms with van der Waals surface area (Å²) in [5.41, 5.74) is 6.72. The first kappa shape index (κ1) is 16.5. The molecule has 0 aliphatic rings. The van der Waals surface area contributed by atoms with Crippen LogP contribution in [-0.4, -0.2) is 22.0 Å². The molecule has 0 unspecified atom stereocenters. The fourth-order valence-corrected chi connectivity index (χ4v) is 2.06. The summed E-state index contributed by atoms with van der Waals surface area (Å²) in [6.07, 6.45) is 0. The summed E-state index contributed by atoms with van der Waals surface area (Å²) in [7, 11) is 0. The monoisotopic (exact) mass is 315 g/mol. The Morgan fingerprint density at radius 2 is 2.04 bits per heavy atom. The average molecular weight is 315 g/mol. The van der Waals surface area contributed by atoms with Gasteiger partial charge in [-0.25, -0.2) is 9.37 Å². The molecule has 5 nitrogen and oxygen atoms in total. The van der Waals surface area contributed by atoms with E-state index in [1.54, 1.807) is 0 Å². The number of amides is 1. The number of hydrogen-bond acceptors (Lipinski definition) is 4. The second kappa shape index (κ2) is 6.48. The number of nitrogens with two attached hydrogens (primary N) is 1. The van der Waals surface area contributed by atoms with Gasteiger partial charge in [0, 0.05) is 17.2 Å². The fourth-order valence-electron chi connectivity index (χ4n) is 2.06. The zero-order valence-electron chi connectivity index (χ0n) is 12.9. The zero-order chi connectivity index (χ0) is 17.1. The molecule has 0 fully saturated rings. The maximum Gasteiger partial charge on any atom is 0.251 e. The maximum absolute atomic E-state index is 14.1. The van der Waals surface area contributed by atoms with Crippen molar-refractivity contribution < 1.29 is 14.3 Å². The molecule has 0 aliphatic carbocycles. The summed E-state index contributed by atoms with van der Waals surface area (Å²) in [6, 6.07) is 7.00. The standard InChI is InChI=1S/C17H18FN3O2/c1-9(2)20-17(23)11-4-5-13(18)12(8-11)15-7-6-14(19)16(21-15)10(3)22/h4-9,22H,3,19H2,1-2H3,(H,20,23). The number of nitrogen functional groups attached to an aromatic ring is 1. The van der Waals surface area contributed by atoms with Crippen molar-refractivity contribution >= 4 is 17.4 Å². The molecule has 0 bridgehead atoms. The van der Waals surface area contributed by atoms with Crippen LogP contribution in [0.4, 0.5) is 10.1 Å². The highest BCUT2D eigenvalue weighted by Crippen LogP contribution is 2.26. The lowest BCUT2D eigenvalue weighted by atomic mass is 10.0. The lowest BCUT2D eigenvalue weighted by molar-refractivity contribution is 0.0943. The van der Waals surface area contributed by atoms with Crippen LogP contribution in [0, 0.1) is 5.82 Å². The molecule has 1 heterocycles. The number of halogens is 1. The van der Waals surface area contributed by atoms with E-state index in [2.05, 4.69) is 16.9 Å². The van der Waals surface area contributed by atoms with Gasteiger partial charge < -0.3 is 16.2 Å². The van der Waals surface area contributed by atoms with Crippen LogP contribution in [0.1, 0.15) is 29.9 Å². The normalized spacial score (nSPS) is 10.6. The van der Waals surface area contributed by atoms with E-state index in [1.807, 2.05) is 13.8 Å². The number of pyridine rings is 1. The summed E-state index contributed by atoms with van der Waals surface area (Å²) < 4.78 is 14.1. The highest BCUT2D eigenvalue weighted by Gasteiger charge is 2.14. The second-order valence-corrected chi connectivity index (χ2v) is 5.40. The van der Waals surface area contributed by atoms with Gasteiger partial charge in [0.25, 0.3) is 5.91 Å². The van der Waals surface area contributed by atoms with Crippen molar-refractivity contribution in [1.29, 1.82) is 0 Å². The molecule has 0 saturated carbocycles. The van der Waals surface area contributed by atoms with Crippen LogP contribution < -0.4 is 11.1 Å². The van der Waals surface area contributed by atoms with Crippen LogP contribution in [0.15, 0.2) is 36.9 Å². The van der Waals surface area contributed by atoms with Gasteiger partial charge in [-0.1, -0.05) is 6.58 Å². The van der Waals surface area contributed by atoms with Gasteiger partial charge >= 0.3 is 0 Å². The molecule has 1 aromatic heterocycles. The summed E-state index contributed by atoms with van der Waals surface area (Å²) >= 11 is 0. The van der Waals surface area contributed by atoms with Crippen LogP contribution in [0.25, 0.3) is 17.0 Å². The van der Waals surface area contributed by atoms with Crippen molar-refractivity contribution in [2.24, 2.45) is 0 Å². The zero-order valence-corrected chi connectivity index (χ0v) is 12.9. The Morgan fingerprint density at radius 3 is 2.65 bits per heavy atom. The van der Waals surface area contributed by atoms with Crippen molar-refractivity contribution in [2.45, 2.75) is 19.9 Å².